The van der Waals surface area contributed by atoms with Gasteiger partial charge in [0.15, 0.2) is 0 Å². The molecule has 1 aromatic carbocycles. The number of amides is 1. The molecule has 0 radical (unpaired) electrons. The number of likely N-dealkylation sites (tertiary alicyclic amines) is 1. The summed E-state index contributed by atoms with van der Waals surface area (Å²) in [5.74, 6) is -0.585. The van der Waals surface area contributed by atoms with Crippen LogP contribution in [0.25, 0.3) is 6.08 Å². The molecule has 0 aromatic heterocycles. The number of rotatable bonds is 3. The quantitative estimate of drug-likeness (QED) is 0.868. The Morgan fingerprint density at radius 3 is 2.74 bits per heavy atom. The summed E-state index contributed by atoms with van der Waals surface area (Å²) in [6.45, 7) is 2.65. The number of hydrogen-bond donors (Lipinski definition) is 1. The Kier molecular flexibility index (Phi) is 5.30. The maximum absolute atomic E-state index is 12.3. The number of hydrogen-bond acceptors (Lipinski definition) is 3. The van der Waals surface area contributed by atoms with Gasteiger partial charge in [0, 0.05) is 24.7 Å². The standard InChI is InChI=1S/C16H18F3NO3/c1-11-8-9-20(10-13(11)21)15(22)7-6-12-4-2-3-5-14(12)23-16(17,18)19/h2-7,11,13,21H,8-10H2,1H3/b7-6+. The molecule has 2 unspecified atom stereocenters. The van der Waals surface area contributed by atoms with E-state index in [0.29, 0.717) is 13.0 Å². The molecule has 0 saturated carbocycles. The van der Waals surface area contributed by atoms with Crippen LogP contribution in [0.1, 0.15) is 18.9 Å². The van der Waals surface area contributed by atoms with Crippen LogP contribution in [0, 0.1) is 5.92 Å². The van der Waals surface area contributed by atoms with Gasteiger partial charge in [-0.3, -0.25) is 4.79 Å². The molecule has 1 N–H and O–H groups in total. The van der Waals surface area contributed by atoms with Crippen molar-refractivity contribution in [2.24, 2.45) is 5.92 Å². The van der Waals surface area contributed by atoms with E-state index < -0.39 is 12.5 Å². The van der Waals surface area contributed by atoms with Crippen LogP contribution in [0.15, 0.2) is 30.3 Å². The van der Waals surface area contributed by atoms with Crippen LogP contribution >= 0.6 is 0 Å². The number of carbonyl (C=O) groups is 1. The molecule has 1 saturated heterocycles. The normalized spacial score (nSPS) is 22.4. The summed E-state index contributed by atoms with van der Waals surface area (Å²) in [4.78, 5) is 13.6. The van der Waals surface area contributed by atoms with Gasteiger partial charge in [0.2, 0.25) is 5.91 Å². The molecule has 1 fully saturated rings. The van der Waals surface area contributed by atoms with Crippen molar-refractivity contribution < 1.29 is 27.8 Å². The van der Waals surface area contributed by atoms with Crippen LogP contribution in [0.3, 0.4) is 0 Å². The van der Waals surface area contributed by atoms with Crippen LogP contribution in [-0.2, 0) is 4.79 Å². The fourth-order valence-corrected chi connectivity index (χ4v) is 2.35. The Hall–Kier alpha value is -2.02. The minimum Gasteiger partial charge on any atom is -0.405 e. The van der Waals surface area contributed by atoms with Gasteiger partial charge in [-0.1, -0.05) is 25.1 Å². The number of benzene rings is 1. The monoisotopic (exact) mass is 329 g/mol. The number of para-hydroxylation sites is 1. The molecule has 1 amide bonds. The highest BCUT2D eigenvalue weighted by atomic mass is 19.4. The highest BCUT2D eigenvalue weighted by molar-refractivity contribution is 5.92. The third-order valence-corrected chi connectivity index (χ3v) is 3.78. The highest BCUT2D eigenvalue weighted by Crippen LogP contribution is 2.27. The summed E-state index contributed by atoms with van der Waals surface area (Å²) in [5, 5.41) is 9.79. The van der Waals surface area contributed by atoms with Gasteiger partial charge in [-0.05, 0) is 24.5 Å². The first-order chi connectivity index (χ1) is 10.8. The Morgan fingerprint density at radius 1 is 1.39 bits per heavy atom. The molecule has 1 aromatic rings. The molecule has 23 heavy (non-hydrogen) atoms. The fourth-order valence-electron chi connectivity index (χ4n) is 2.35. The van der Waals surface area contributed by atoms with Crippen molar-refractivity contribution in [2.75, 3.05) is 13.1 Å². The summed E-state index contributed by atoms with van der Waals surface area (Å²) in [6, 6.07) is 5.59. The number of alkyl halides is 3. The van der Waals surface area contributed by atoms with Crippen molar-refractivity contribution in [3.8, 4) is 5.75 Å². The molecular weight excluding hydrogens is 311 g/mol. The molecule has 4 nitrogen and oxygen atoms in total. The second-order valence-electron chi connectivity index (χ2n) is 5.54. The number of aliphatic hydroxyl groups excluding tert-OH is 1. The van der Waals surface area contributed by atoms with Crippen molar-refractivity contribution in [3.05, 3.63) is 35.9 Å². The zero-order valence-electron chi connectivity index (χ0n) is 12.6. The molecular formula is C16H18F3NO3. The fraction of sp³-hybridized carbons (Fsp3) is 0.438. The van der Waals surface area contributed by atoms with E-state index in [1.54, 1.807) is 6.07 Å². The molecule has 2 rings (SSSR count). The molecule has 126 valence electrons. The summed E-state index contributed by atoms with van der Waals surface area (Å²) >= 11 is 0. The number of halogens is 3. The minimum atomic E-state index is -4.79. The lowest BCUT2D eigenvalue weighted by atomic mass is 9.96. The lowest BCUT2D eigenvalue weighted by Gasteiger charge is -2.33. The van der Waals surface area contributed by atoms with Gasteiger partial charge in [0.05, 0.1) is 6.10 Å². The molecule has 0 bridgehead atoms. The first-order valence-corrected chi connectivity index (χ1v) is 7.26. The molecule has 1 aliphatic heterocycles. The number of ether oxygens (including phenoxy) is 1. The third-order valence-electron chi connectivity index (χ3n) is 3.78. The van der Waals surface area contributed by atoms with Crippen LogP contribution in [0.4, 0.5) is 13.2 Å². The summed E-state index contributed by atoms with van der Waals surface area (Å²) in [5.41, 5.74) is 0.157. The van der Waals surface area contributed by atoms with E-state index in [0.717, 1.165) is 0 Å². The smallest absolute Gasteiger partial charge is 0.405 e. The van der Waals surface area contributed by atoms with Crippen molar-refractivity contribution >= 4 is 12.0 Å². The first-order valence-electron chi connectivity index (χ1n) is 7.26. The summed E-state index contributed by atoms with van der Waals surface area (Å²) in [7, 11) is 0. The van der Waals surface area contributed by atoms with E-state index in [9.17, 15) is 23.1 Å². The van der Waals surface area contributed by atoms with Gasteiger partial charge in [-0.25, -0.2) is 0 Å². The van der Waals surface area contributed by atoms with Crippen LogP contribution in [-0.4, -0.2) is 41.5 Å². The van der Waals surface area contributed by atoms with Crippen molar-refractivity contribution in [2.45, 2.75) is 25.8 Å². The number of aliphatic hydroxyl groups is 1. The van der Waals surface area contributed by atoms with Crippen molar-refractivity contribution in [3.63, 3.8) is 0 Å². The van der Waals surface area contributed by atoms with E-state index in [1.165, 1.54) is 35.3 Å². The Bertz CT molecular complexity index is 586. The zero-order valence-corrected chi connectivity index (χ0v) is 12.6. The van der Waals surface area contributed by atoms with Gasteiger partial charge in [-0.2, -0.15) is 0 Å². The van der Waals surface area contributed by atoms with Crippen LogP contribution in [0.2, 0.25) is 0 Å². The largest absolute Gasteiger partial charge is 0.573 e. The van der Waals surface area contributed by atoms with Gasteiger partial charge in [-0.15, -0.1) is 13.2 Å². The van der Waals surface area contributed by atoms with Crippen LogP contribution in [0.5, 0.6) is 5.75 Å². The van der Waals surface area contributed by atoms with E-state index in [1.807, 2.05) is 6.92 Å². The van der Waals surface area contributed by atoms with Crippen molar-refractivity contribution in [1.82, 2.24) is 4.90 Å². The van der Waals surface area contributed by atoms with Gasteiger partial charge >= 0.3 is 6.36 Å². The Morgan fingerprint density at radius 2 is 2.09 bits per heavy atom. The van der Waals surface area contributed by atoms with Gasteiger partial charge in [0.1, 0.15) is 5.75 Å². The van der Waals surface area contributed by atoms with Crippen LogP contribution < -0.4 is 4.74 Å². The van der Waals surface area contributed by atoms with E-state index in [4.69, 9.17) is 0 Å². The average Bonchev–Trinajstić information content (AvgIpc) is 2.47. The SMILES string of the molecule is CC1CCN(C(=O)/C=C/c2ccccc2OC(F)(F)F)CC1O. The number of β-amino-alcohol motifs (C(OH)–C–C–N with tert-alkyl or cyclic N) is 1. The Balaban J connectivity index is 2.07. The topological polar surface area (TPSA) is 49.8 Å². The molecule has 1 aliphatic rings. The average molecular weight is 329 g/mol. The number of nitrogens with zero attached hydrogens (tertiary/aromatic N) is 1. The maximum atomic E-state index is 12.3. The first kappa shape index (κ1) is 17.3. The van der Waals surface area contributed by atoms with E-state index in [-0.39, 0.29) is 29.7 Å². The molecule has 1 heterocycles. The summed E-state index contributed by atoms with van der Waals surface area (Å²) in [6.07, 6.45) is -2.20. The molecule has 2 atom stereocenters. The maximum Gasteiger partial charge on any atom is 0.573 e. The lowest BCUT2D eigenvalue weighted by molar-refractivity contribution is -0.274. The second kappa shape index (κ2) is 7.04. The molecule has 0 aliphatic carbocycles. The predicted octanol–water partition coefficient (Wildman–Crippen LogP) is 2.83. The minimum absolute atomic E-state index is 0.129. The number of carbonyl (C=O) groups excluding carboxylic acids is 1. The molecule has 0 spiro atoms. The van der Waals surface area contributed by atoms with Crippen molar-refractivity contribution in [1.29, 1.82) is 0 Å². The zero-order chi connectivity index (χ0) is 17.0. The van der Waals surface area contributed by atoms with E-state index in [2.05, 4.69) is 4.74 Å². The third kappa shape index (κ3) is 4.99. The Labute approximate surface area is 132 Å². The second-order valence-corrected chi connectivity index (χ2v) is 5.54. The lowest BCUT2D eigenvalue weighted by Crippen LogP contribution is -2.45. The number of piperidine rings is 1. The molecule has 7 heteroatoms. The van der Waals surface area contributed by atoms with Gasteiger partial charge in [0.25, 0.3) is 0 Å². The van der Waals surface area contributed by atoms with Gasteiger partial charge < -0.3 is 14.7 Å². The van der Waals surface area contributed by atoms with E-state index >= 15 is 0 Å². The highest BCUT2D eigenvalue weighted by Gasteiger charge is 2.32. The summed E-state index contributed by atoms with van der Waals surface area (Å²) < 4.78 is 40.9. The predicted molar refractivity (Wildman–Crippen MR) is 78.5 cm³/mol.